The first kappa shape index (κ1) is 22.5. The summed E-state index contributed by atoms with van der Waals surface area (Å²) in [5.74, 6) is -0.819. The van der Waals surface area contributed by atoms with Crippen LogP contribution in [-0.4, -0.2) is 26.3 Å². The van der Waals surface area contributed by atoms with Crippen molar-refractivity contribution in [2.24, 2.45) is 0 Å². The Labute approximate surface area is 200 Å². The van der Waals surface area contributed by atoms with Crippen LogP contribution in [-0.2, 0) is 21.2 Å². The SMILES string of the molecule is O=C(Nc1ccc(N2C(=O)Cc3ccc(Br)cc3C2=O)cc1)NS(=O)(=O)c1ccc(Cl)s1. The van der Waals surface area contributed by atoms with Crippen molar-refractivity contribution in [3.05, 3.63) is 74.5 Å². The molecule has 1 aliphatic heterocycles. The molecule has 2 heterocycles. The lowest BCUT2D eigenvalue weighted by molar-refractivity contribution is -0.117. The number of halogens is 2. The molecule has 0 fully saturated rings. The molecular formula is C20H13BrClN3O5S2. The summed E-state index contributed by atoms with van der Waals surface area (Å²) in [5.41, 5.74) is 1.69. The largest absolute Gasteiger partial charge is 0.333 e. The highest BCUT2D eigenvalue weighted by Gasteiger charge is 2.32. The fraction of sp³-hybridized carbons (Fsp3) is 0.0500. The smallest absolute Gasteiger partial charge is 0.307 e. The monoisotopic (exact) mass is 553 g/mol. The maximum atomic E-state index is 12.9. The van der Waals surface area contributed by atoms with Crippen LogP contribution in [0.4, 0.5) is 16.2 Å². The van der Waals surface area contributed by atoms with Crippen molar-refractivity contribution in [1.82, 2.24) is 4.72 Å². The van der Waals surface area contributed by atoms with Crippen LogP contribution >= 0.6 is 38.9 Å². The van der Waals surface area contributed by atoms with Crippen molar-refractivity contribution in [3.63, 3.8) is 0 Å². The Morgan fingerprint density at radius 3 is 2.44 bits per heavy atom. The Morgan fingerprint density at radius 2 is 1.78 bits per heavy atom. The molecule has 12 heteroatoms. The summed E-state index contributed by atoms with van der Waals surface area (Å²) in [4.78, 5) is 38.6. The lowest BCUT2D eigenvalue weighted by Crippen LogP contribution is -2.42. The average molecular weight is 555 g/mol. The first-order valence-corrected chi connectivity index (χ1v) is 12.5. The van der Waals surface area contributed by atoms with Gasteiger partial charge in [-0.15, -0.1) is 11.3 Å². The highest BCUT2D eigenvalue weighted by molar-refractivity contribution is 9.10. The molecular weight excluding hydrogens is 542 g/mol. The van der Waals surface area contributed by atoms with Crippen LogP contribution in [0.5, 0.6) is 0 Å². The van der Waals surface area contributed by atoms with Gasteiger partial charge in [-0.1, -0.05) is 33.6 Å². The lowest BCUT2D eigenvalue weighted by Gasteiger charge is -2.27. The Balaban J connectivity index is 1.48. The molecule has 0 spiro atoms. The number of fused-ring (bicyclic) bond motifs is 1. The number of sulfonamides is 1. The first-order chi connectivity index (χ1) is 15.1. The standard InChI is InChI=1S/C20H13BrClN3O5S2/c21-12-2-1-11-9-17(26)25(19(27)15(11)10-12)14-5-3-13(4-6-14)23-20(28)24-32(29,30)18-8-7-16(22)31-18/h1-8,10H,9H2,(H2,23,24,28). The third kappa shape index (κ3) is 4.56. The van der Waals surface area contributed by atoms with E-state index in [0.717, 1.165) is 20.7 Å². The van der Waals surface area contributed by atoms with Crippen molar-refractivity contribution in [2.45, 2.75) is 10.6 Å². The average Bonchev–Trinajstić information content (AvgIpc) is 3.17. The number of hydrogen-bond acceptors (Lipinski definition) is 6. The van der Waals surface area contributed by atoms with Crippen LogP contribution in [0.1, 0.15) is 15.9 Å². The number of imide groups is 1. The fourth-order valence-electron chi connectivity index (χ4n) is 3.10. The van der Waals surface area contributed by atoms with Crippen LogP contribution in [0.15, 0.2) is 63.3 Å². The van der Waals surface area contributed by atoms with E-state index in [1.54, 1.807) is 18.2 Å². The highest BCUT2D eigenvalue weighted by Crippen LogP contribution is 2.29. The molecule has 0 saturated heterocycles. The normalized spacial score (nSPS) is 13.6. The van der Waals surface area contributed by atoms with E-state index in [1.807, 2.05) is 4.72 Å². The third-order valence-corrected chi connectivity index (χ3v) is 8.07. The van der Waals surface area contributed by atoms with E-state index < -0.39 is 22.0 Å². The van der Waals surface area contributed by atoms with E-state index in [4.69, 9.17) is 11.6 Å². The Kier molecular flexibility index (Phi) is 6.08. The Hall–Kier alpha value is -2.73. The predicted molar refractivity (Wildman–Crippen MR) is 125 cm³/mol. The number of nitrogens with one attached hydrogen (secondary N) is 2. The van der Waals surface area contributed by atoms with Crippen molar-refractivity contribution >= 4 is 78.1 Å². The predicted octanol–water partition coefficient (Wildman–Crippen LogP) is 4.40. The zero-order chi connectivity index (χ0) is 23.0. The van der Waals surface area contributed by atoms with Crippen LogP contribution in [0.3, 0.4) is 0 Å². The molecule has 4 amide bonds. The summed E-state index contributed by atoms with van der Waals surface area (Å²) in [6.07, 6.45) is 0.0847. The summed E-state index contributed by atoms with van der Waals surface area (Å²) < 4.78 is 27.2. The molecule has 1 aromatic heterocycles. The van der Waals surface area contributed by atoms with Crippen molar-refractivity contribution < 1.29 is 22.8 Å². The molecule has 8 nitrogen and oxygen atoms in total. The van der Waals surface area contributed by atoms with E-state index in [1.165, 1.54) is 36.4 Å². The minimum atomic E-state index is -4.06. The van der Waals surface area contributed by atoms with E-state index in [9.17, 15) is 22.8 Å². The topological polar surface area (TPSA) is 113 Å². The zero-order valence-corrected chi connectivity index (χ0v) is 19.9. The van der Waals surface area contributed by atoms with E-state index in [2.05, 4.69) is 21.2 Å². The second-order valence-electron chi connectivity index (χ2n) is 6.68. The molecule has 32 heavy (non-hydrogen) atoms. The number of benzene rings is 2. The van der Waals surface area contributed by atoms with Gasteiger partial charge in [-0.3, -0.25) is 9.59 Å². The molecule has 0 aliphatic carbocycles. The summed E-state index contributed by atoms with van der Waals surface area (Å²) in [6.45, 7) is 0. The van der Waals surface area contributed by atoms with Gasteiger partial charge >= 0.3 is 6.03 Å². The molecule has 0 unspecified atom stereocenters. The minimum absolute atomic E-state index is 0.0847. The molecule has 1 aliphatic rings. The zero-order valence-electron chi connectivity index (χ0n) is 16.0. The molecule has 3 aromatic rings. The van der Waals surface area contributed by atoms with E-state index >= 15 is 0 Å². The van der Waals surface area contributed by atoms with Gasteiger partial charge in [-0.25, -0.2) is 22.8 Å². The molecule has 2 N–H and O–H groups in total. The molecule has 0 radical (unpaired) electrons. The van der Waals surface area contributed by atoms with Gasteiger partial charge in [0.05, 0.1) is 16.4 Å². The summed E-state index contributed by atoms with van der Waals surface area (Å²) in [6, 6.07) is 12.8. The van der Waals surface area contributed by atoms with Crippen LogP contribution in [0.2, 0.25) is 4.34 Å². The van der Waals surface area contributed by atoms with E-state index in [0.29, 0.717) is 16.8 Å². The molecule has 164 valence electrons. The van der Waals surface area contributed by atoms with Crippen LogP contribution in [0, 0.1) is 0 Å². The highest BCUT2D eigenvalue weighted by atomic mass is 79.9. The van der Waals surface area contributed by atoms with Crippen LogP contribution < -0.4 is 14.9 Å². The maximum Gasteiger partial charge on any atom is 0.333 e. The summed E-state index contributed by atoms with van der Waals surface area (Å²) in [7, 11) is -4.06. The Morgan fingerprint density at radius 1 is 1.06 bits per heavy atom. The number of anilines is 2. The molecule has 0 bridgehead atoms. The van der Waals surface area contributed by atoms with E-state index in [-0.39, 0.29) is 26.6 Å². The van der Waals surface area contributed by atoms with Gasteiger partial charge in [0.2, 0.25) is 5.91 Å². The van der Waals surface area contributed by atoms with Gasteiger partial charge in [-0.2, -0.15) is 0 Å². The summed E-state index contributed by atoms with van der Waals surface area (Å²) >= 11 is 9.89. The van der Waals surface area contributed by atoms with Gasteiger partial charge in [0, 0.05) is 15.7 Å². The first-order valence-electron chi connectivity index (χ1n) is 8.99. The van der Waals surface area contributed by atoms with Gasteiger partial charge in [0.15, 0.2) is 0 Å². The summed E-state index contributed by atoms with van der Waals surface area (Å²) in [5, 5.41) is 2.40. The van der Waals surface area contributed by atoms with Crippen LogP contribution in [0.25, 0.3) is 0 Å². The Bertz CT molecular complexity index is 1360. The second-order valence-corrected chi connectivity index (χ2v) is 11.2. The quantitative estimate of drug-likeness (QED) is 0.464. The fourth-order valence-corrected chi connectivity index (χ4v) is 5.85. The maximum absolute atomic E-state index is 12.9. The minimum Gasteiger partial charge on any atom is -0.307 e. The number of amides is 4. The lowest BCUT2D eigenvalue weighted by atomic mass is 9.98. The van der Waals surface area contributed by atoms with Gasteiger partial charge in [0.25, 0.3) is 15.9 Å². The van der Waals surface area contributed by atoms with Crippen molar-refractivity contribution in [2.75, 3.05) is 10.2 Å². The molecule has 2 aromatic carbocycles. The molecule has 0 atom stereocenters. The molecule has 4 rings (SSSR count). The number of hydrogen-bond donors (Lipinski definition) is 2. The molecule has 0 saturated carbocycles. The second kappa shape index (κ2) is 8.66. The number of rotatable bonds is 4. The number of nitrogens with zero attached hydrogens (tertiary/aromatic N) is 1. The number of urea groups is 1. The number of thiophene rings is 1. The number of carbonyl (C=O) groups excluding carboxylic acids is 3. The van der Waals surface area contributed by atoms with Gasteiger partial charge in [-0.05, 0) is 54.1 Å². The van der Waals surface area contributed by atoms with Gasteiger partial charge < -0.3 is 5.32 Å². The third-order valence-electron chi connectivity index (χ3n) is 4.52. The van der Waals surface area contributed by atoms with Crippen molar-refractivity contribution in [3.8, 4) is 0 Å². The van der Waals surface area contributed by atoms with Gasteiger partial charge in [0.1, 0.15) is 4.21 Å². The van der Waals surface area contributed by atoms with Crippen molar-refractivity contribution in [1.29, 1.82) is 0 Å². The number of carbonyl (C=O) groups is 3.